The van der Waals surface area contributed by atoms with E-state index in [9.17, 15) is 8.42 Å². The molecule has 0 amide bonds. The second-order valence-electron chi connectivity index (χ2n) is 4.28. The number of rotatable bonds is 4. The number of ether oxygens (including phenoxy) is 1. The molecule has 1 aliphatic carbocycles. The fourth-order valence-corrected chi connectivity index (χ4v) is 2.37. The number of hydrogen-bond donors (Lipinski definition) is 1. The van der Waals surface area contributed by atoms with Crippen molar-refractivity contribution in [3.8, 4) is 0 Å². The minimum atomic E-state index is -3.25. The smallest absolute Gasteiger partial charge is 0.209 e. The summed E-state index contributed by atoms with van der Waals surface area (Å²) in [7, 11) is -3.25. The normalized spacial score (nSPS) is 30.2. The molecule has 2 aliphatic rings. The Morgan fingerprint density at radius 1 is 1.50 bits per heavy atom. The number of aliphatic imine (C=N–C) groups is 1. The van der Waals surface area contributed by atoms with E-state index in [2.05, 4.69) is 9.71 Å². The van der Waals surface area contributed by atoms with Crippen molar-refractivity contribution >= 4 is 15.7 Å². The van der Waals surface area contributed by atoms with Gasteiger partial charge in [0.2, 0.25) is 10.0 Å². The monoisotopic (exact) mass is 244 g/mol. The molecule has 5 nitrogen and oxygen atoms in total. The molecule has 0 spiro atoms. The van der Waals surface area contributed by atoms with Gasteiger partial charge < -0.3 is 4.74 Å². The number of nitrogens with zero attached hydrogens (tertiary/aromatic N) is 1. The van der Waals surface area contributed by atoms with E-state index in [1.54, 1.807) is 19.2 Å². The summed E-state index contributed by atoms with van der Waals surface area (Å²) in [6.07, 6.45) is 6.78. The van der Waals surface area contributed by atoms with E-state index in [0.29, 0.717) is 0 Å². The summed E-state index contributed by atoms with van der Waals surface area (Å²) in [5.41, 5.74) is 0.735. The van der Waals surface area contributed by atoms with Crippen LogP contribution in [0.4, 0.5) is 0 Å². The van der Waals surface area contributed by atoms with Gasteiger partial charge in [0.05, 0.1) is 24.5 Å². The molecule has 16 heavy (non-hydrogen) atoms. The highest BCUT2D eigenvalue weighted by Gasteiger charge is 2.33. The van der Waals surface area contributed by atoms with Crippen LogP contribution in [0.1, 0.15) is 19.8 Å². The molecule has 2 unspecified atom stereocenters. The van der Waals surface area contributed by atoms with Gasteiger partial charge >= 0.3 is 0 Å². The fraction of sp³-hybridized carbons (Fsp3) is 0.700. The maximum Gasteiger partial charge on any atom is 0.209 e. The molecule has 0 aromatic carbocycles. The van der Waals surface area contributed by atoms with Crippen molar-refractivity contribution in [2.45, 2.75) is 38.0 Å². The van der Waals surface area contributed by atoms with Crippen LogP contribution >= 0.6 is 0 Å². The molecule has 6 heteroatoms. The van der Waals surface area contributed by atoms with Gasteiger partial charge in [-0.3, -0.25) is 4.99 Å². The van der Waals surface area contributed by atoms with Gasteiger partial charge in [0.25, 0.3) is 0 Å². The van der Waals surface area contributed by atoms with Gasteiger partial charge in [-0.25, -0.2) is 13.1 Å². The van der Waals surface area contributed by atoms with Crippen LogP contribution in [0.5, 0.6) is 0 Å². The summed E-state index contributed by atoms with van der Waals surface area (Å²) in [5.74, 6) is 0. The first-order valence-corrected chi connectivity index (χ1v) is 7.18. The molecule has 1 N–H and O–H groups in total. The summed E-state index contributed by atoms with van der Waals surface area (Å²) in [6.45, 7) is 1.80. The van der Waals surface area contributed by atoms with Crippen molar-refractivity contribution in [3.63, 3.8) is 0 Å². The Balaban J connectivity index is 2.09. The number of hydrogen-bond acceptors (Lipinski definition) is 4. The Morgan fingerprint density at radius 3 is 2.75 bits per heavy atom. The molecule has 0 bridgehead atoms. The molecule has 0 saturated heterocycles. The zero-order chi connectivity index (χ0) is 11.8. The Labute approximate surface area is 95.6 Å². The van der Waals surface area contributed by atoms with Crippen molar-refractivity contribution in [2.75, 3.05) is 6.26 Å². The minimum absolute atomic E-state index is 0.236. The molecular weight excluding hydrogens is 228 g/mol. The van der Waals surface area contributed by atoms with E-state index in [-0.39, 0.29) is 18.2 Å². The molecule has 1 aliphatic heterocycles. The highest BCUT2D eigenvalue weighted by molar-refractivity contribution is 7.88. The second-order valence-corrected chi connectivity index (χ2v) is 6.06. The Hall–Kier alpha value is -0.720. The van der Waals surface area contributed by atoms with Gasteiger partial charge in [0.15, 0.2) is 0 Å². The molecule has 2 atom stereocenters. The third kappa shape index (κ3) is 3.13. The standard InChI is InChI=1S/C10H16N2O3S/c1-7-10(12-16(2,13)14)9(5-6-11-7)15-8-3-4-8/h5-6,8-10,12H,3-4H2,1-2H3. The quantitative estimate of drug-likeness (QED) is 0.780. The fourth-order valence-electron chi connectivity index (χ4n) is 1.61. The van der Waals surface area contributed by atoms with Gasteiger partial charge in [0, 0.05) is 11.9 Å². The van der Waals surface area contributed by atoms with E-state index in [1.165, 1.54) is 0 Å². The maximum atomic E-state index is 11.2. The molecule has 2 rings (SSSR count). The summed E-state index contributed by atoms with van der Waals surface area (Å²) in [6, 6.07) is -0.374. The predicted molar refractivity (Wildman–Crippen MR) is 61.9 cm³/mol. The van der Waals surface area contributed by atoms with Crippen LogP contribution in [0.3, 0.4) is 0 Å². The van der Waals surface area contributed by atoms with E-state index in [1.807, 2.05) is 0 Å². The predicted octanol–water partition coefficient (Wildman–Crippen LogP) is 0.440. The first kappa shape index (κ1) is 11.8. The SMILES string of the molecule is CC1=NC=CC(OC2CC2)C1NS(C)(=O)=O. The van der Waals surface area contributed by atoms with E-state index >= 15 is 0 Å². The molecular formula is C10H16N2O3S. The Bertz CT molecular complexity index is 423. The van der Waals surface area contributed by atoms with Crippen LogP contribution in [0.2, 0.25) is 0 Å². The first-order valence-electron chi connectivity index (χ1n) is 5.29. The second kappa shape index (κ2) is 4.27. The summed E-state index contributed by atoms with van der Waals surface area (Å²) in [5, 5.41) is 0. The molecule has 1 fully saturated rings. The summed E-state index contributed by atoms with van der Waals surface area (Å²) in [4.78, 5) is 4.10. The lowest BCUT2D eigenvalue weighted by Crippen LogP contribution is -2.49. The largest absolute Gasteiger partial charge is 0.369 e. The zero-order valence-corrected chi connectivity index (χ0v) is 10.2. The lowest BCUT2D eigenvalue weighted by molar-refractivity contribution is 0.0628. The third-order valence-corrected chi connectivity index (χ3v) is 3.23. The van der Waals surface area contributed by atoms with Crippen LogP contribution < -0.4 is 4.72 Å². The lowest BCUT2D eigenvalue weighted by atomic mass is 10.1. The van der Waals surface area contributed by atoms with Gasteiger partial charge in [-0.15, -0.1) is 0 Å². The van der Waals surface area contributed by atoms with Crippen molar-refractivity contribution in [2.24, 2.45) is 4.99 Å². The van der Waals surface area contributed by atoms with Crippen LogP contribution in [0, 0.1) is 0 Å². The molecule has 0 aromatic rings. The lowest BCUT2D eigenvalue weighted by Gasteiger charge is -2.27. The third-order valence-electron chi connectivity index (χ3n) is 2.55. The number of sulfonamides is 1. The summed E-state index contributed by atoms with van der Waals surface area (Å²) < 4.78 is 30.8. The minimum Gasteiger partial charge on any atom is -0.369 e. The maximum absolute atomic E-state index is 11.2. The van der Waals surface area contributed by atoms with Gasteiger partial charge in [0.1, 0.15) is 0 Å². The van der Waals surface area contributed by atoms with Crippen molar-refractivity contribution < 1.29 is 13.2 Å². The topological polar surface area (TPSA) is 67.8 Å². The zero-order valence-electron chi connectivity index (χ0n) is 9.38. The average Bonchev–Trinajstić information content (AvgIpc) is 2.93. The van der Waals surface area contributed by atoms with Crippen LogP contribution in [0.15, 0.2) is 17.3 Å². The average molecular weight is 244 g/mol. The van der Waals surface area contributed by atoms with Gasteiger partial charge in [-0.05, 0) is 25.8 Å². The van der Waals surface area contributed by atoms with Crippen LogP contribution in [0.25, 0.3) is 0 Å². The Kier molecular flexibility index (Phi) is 3.14. The Morgan fingerprint density at radius 2 is 2.19 bits per heavy atom. The van der Waals surface area contributed by atoms with E-state index in [4.69, 9.17) is 4.74 Å². The highest BCUT2D eigenvalue weighted by atomic mass is 32.2. The molecule has 0 aromatic heterocycles. The van der Waals surface area contributed by atoms with Crippen molar-refractivity contribution in [3.05, 3.63) is 12.3 Å². The molecule has 0 radical (unpaired) electrons. The van der Waals surface area contributed by atoms with E-state index < -0.39 is 10.0 Å². The van der Waals surface area contributed by atoms with Crippen molar-refractivity contribution in [1.29, 1.82) is 0 Å². The van der Waals surface area contributed by atoms with E-state index in [0.717, 1.165) is 24.8 Å². The molecule has 1 saturated carbocycles. The van der Waals surface area contributed by atoms with Gasteiger partial charge in [-0.2, -0.15) is 0 Å². The molecule has 1 heterocycles. The highest BCUT2D eigenvalue weighted by Crippen LogP contribution is 2.27. The van der Waals surface area contributed by atoms with Crippen molar-refractivity contribution in [1.82, 2.24) is 4.72 Å². The van der Waals surface area contributed by atoms with Gasteiger partial charge in [-0.1, -0.05) is 0 Å². The molecule has 90 valence electrons. The van der Waals surface area contributed by atoms with Crippen LogP contribution in [-0.4, -0.2) is 38.6 Å². The summed E-state index contributed by atoms with van der Waals surface area (Å²) >= 11 is 0. The first-order chi connectivity index (χ1) is 7.46. The van der Waals surface area contributed by atoms with Crippen LogP contribution in [-0.2, 0) is 14.8 Å². The number of nitrogens with one attached hydrogen (secondary N) is 1.